The van der Waals surface area contributed by atoms with Crippen LogP contribution in [0.1, 0.15) is 35.7 Å². The average Bonchev–Trinajstić information content (AvgIpc) is 3.56. The third-order valence-electron chi connectivity index (χ3n) is 5.62. The first-order valence-electron chi connectivity index (χ1n) is 10.4. The molecule has 0 aliphatic heterocycles. The van der Waals surface area contributed by atoms with Crippen LogP contribution in [0.15, 0.2) is 54.6 Å². The number of amides is 1. The number of fused-ring (bicyclic) bond motifs is 1. The van der Waals surface area contributed by atoms with Crippen LogP contribution in [0.5, 0.6) is 17.2 Å². The van der Waals surface area contributed by atoms with Crippen LogP contribution in [0.2, 0.25) is 0 Å². The van der Waals surface area contributed by atoms with Gasteiger partial charge in [-0.3, -0.25) is 4.79 Å². The number of ether oxygens (including phenoxy) is 3. The second-order valence-electron chi connectivity index (χ2n) is 8.08. The van der Waals surface area contributed by atoms with Crippen molar-refractivity contribution < 1.29 is 19.0 Å². The molecule has 1 unspecified atom stereocenters. The Morgan fingerprint density at radius 1 is 1.06 bits per heavy atom. The smallest absolute Gasteiger partial charge is 0.255 e. The van der Waals surface area contributed by atoms with Gasteiger partial charge in [-0.25, -0.2) is 0 Å². The minimum absolute atomic E-state index is 0.101. The lowest BCUT2D eigenvalue weighted by molar-refractivity contribution is 0.0927. The molecule has 0 radical (unpaired) electrons. The Hall–Kier alpha value is -3.25. The van der Waals surface area contributed by atoms with E-state index >= 15 is 0 Å². The zero-order valence-corrected chi connectivity index (χ0v) is 18.1. The van der Waals surface area contributed by atoms with Gasteiger partial charge in [0.25, 0.3) is 5.91 Å². The Bertz CT molecular complexity index is 1110. The van der Waals surface area contributed by atoms with Gasteiger partial charge in [0.2, 0.25) is 0 Å². The molecule has 3 aromatic carbocycles. The molecule has 1 aliphatic carbocycles. The number of nitrogens with one attached hydrogen (secondary N) is 1. The second kappa shape index (κ2) is 8.47. The standard InChI is InChI=1S/C25H28N2O4/c1-16(26)15-31-18-8-9-23(30-3)21(13-18)24(28)27-25(10-11-25)22-14-19(29-2)12-17-6-4-5-7-20(17)22/h4-9,12-14,16H,10-11,15,26H2,1-3H3,(H,27,28). The molecule has 3 aromatic rings. The largest absolute Gasteiger partial charge is 0.497 e. The molecule has 4 rings (SSSR count). The normalized spacial score (nSPS) is 15.2. The van der Waals surface area contributed by atoms with E-state index in [1.54, 1.807) is 32.4 Å². The van der Waals surface area contributed by atoms with Crippen LogP contribution in [-0.4, -0.2) is 32.8 Å². The van der Waals surface area contributed by atoms with E-state index in [-0.39, 0.29) is 11.9 Å². The number of nitrogens with two attached hydrogens (primary N) is 1. The summed E-state index contributed by atoms with van der Waals surface area (Å²) in [7, 11) is 3.21. The molecule has 1 atom stereocenters. The van der Waals surface area contributed by atoms with Crippen LogP contribution in [-0.2, 0) is 5.54 Å². The van der Waals surface area contributed by atoms with Crippen molar-refractivity contribution >= 4 is 16.7 Å². The van der Waals surface area contributed by atoms with E-state index < -0.39 is 5.54 Å². The number of hydrogen-bond acceptors (Lipinski definition) is 5. The Labute approximate surface area is 182 Å². The van der Waals surface area contributed by atoms with Gasteiger partial charge in [0.15, 0.2) is 0 Å². The number of benzene rings is 3. The van der Waals surface area contributed by atoms with E-state index in [1.165, 1.54) is 0 Å². The van der Waals surface area contributed by atoms with E-state index in [0.717, 1.165) is 34.9 Å². The van der Waals surface area contributed by atoms with Gasteiger partial charge < -0.3 is 25.3 Å². The van der Waals surface area contributed by atoms with E-state index in [1.807, 2.05) is 31.2 Å². The van der Waals surface area contributed by atoms with Gasteiger partial charge in [-0.05, 0) is 66.4 Å². The topological polar surface area (TPSA) is 82.8 Å². The molecule has 1 fully saturated rings. The summed E-state index contributed by atoms with van der Waals surface area (Å²) in [6.07, 6.45) is 1.72. The van der Waals surface area contributed by atoms with Crippen molar-refractivity contribution in [3.05, 3.63) is 65.7 Å². The first-order valence-corrected chi connectivity index (χ1v) is 10.4. The highest BCUT2D eigenvalue weighted by molar-refractivity contribution is 5.99. The molecule has 0 heterocycles. The molecule has 1 saturated carbocycles. The first-order chi connectivity index (χ1) is 15.0. The third-order valence-corrected chi connectivity index (χ3v) is 5.62. The summed E-state index contributed by atoms with van der Waals surface area (Å²) < 4.78 is 16.6. The van der Waals surface area contributed by atoms with Gasteiger partial charge in [-0.2, -0.15) is 0 Å². The fourth-order valence-corrected chi connectivity index (χ4v) is 3.85. The van der Waals surface area contributed by atoms with Gasteiger partial charge in [0.1, 0.15) is 23.9 Å². The Balaban J connectivity index is 1.66. The lowest BCUT2D eigenvalue weighted by Gasteiger charge is -2.22. The molecular weight excluding hydrogens is 392 g/mol. The molecule has 0 aromatic heterocycles. The summed E-state index contributed by atoms with van der Waals surface area (Å²) >= 11 is 0. The highest BCUT2D eigenvalue weighted by atomic mass is 16.5. The number of hydrogen-bond donors (Lipinski definition) is 2. The lowest BCUT2D eigenvalue weighted by atomic mass is 9.96. The molecule has 162 valence electrons. The predicted molar refractivity (Wildman–Crippen MR) is 121 cm³/mol. The Kier molecular flexibility index (Phi) is 5.74. The quantitative estimate of drug-likeness (QED) is 0.576. The lowest BCUT2D eigenvalue weighted by Crippen LogP contribution is -2.35. The van der Waals surface area contributed by atoms with Crippen LogP contribution < -0.4 is 25.3 Å². The second-order valence-corrected chi connectivity index (χ2v) is 8.08. The molecule has 6 heteroatoms. The van der Waals surface area contributed by atoms with Crippen molar-refractivity contribution in [3.63, 3.8) is 0 Å². The molecule has 0 spiro atoms. The number of carbonyl (C=O) groups is 1. The fourth-order valence-electron chi connectivity index (χ4n) is 3.85. The molecule has 1 aliphatic rings. The number of methoxy groups -OCH3 is 2. The Morgan fingerprint density at radius 2 is 1.84 bits per heavy atom. The van der Waals surface area contributed by atoms with Crippen LogP contribution in [0, 0.1) is 0 Å². The maximum atomic E-state index is 13.3. The number of rotatable bonds is 8. The summed E-state index contributed by atoms with van der Waals surface area (Å²) in [5.74, 6) is 1.66. The predicted octanol–water partition coefficient (Wildman–Crippen LogP) is 4.00. The summed E-state index contributed by atoms with van der Waals surface area (Å²) in [6.45, 7) is 2.24. The van der Waals surface area contributed by atoms with Crippen LogP contribution >= 0.6 is 0 Å². The van der Waals surface area contributed by atoms with Gasteiger partial charge in [-0.15, -0.1) is 0 Å². The maximum absolute atomic E-state index is 13.3. The van der Waals surface area contributed by atoms with Gasteiger partial charge in [0.05, 0.1) is 25.3 Å². The van der Waals surface area contributed by atoms with Crippen LogP contribution in [0.3, 0.4) is 0 Å². The van der Waals surface area contributed by atoms with Gasteiger partial charge in [-0.1, -0.05) is 24.3 Å². The van der Waals surface area contributed by atoms with E-state index in [9.17, 15) is 4.79 Å². The molecule has 1 amide bonds. The van der Waals surface area contributed by atoms with Crippen molar-refractivity contribution in [3.8, 4) is 17.2 Å². The summed E-state index contributed by atoms with van der Waals surface area (Å²) in [6, 6.07) is 17.3. The monoisotopic (exact) mass is 420 g/mol. The van der Waals surface area contributed by atoms with Crippen molar-refractivity contribution in [1.82, 2.24) is 5.32 Å². The SMILES string of the molecule is COc1cc(C2(NC(=O)c3cc(OCC(C)N)ccc3OC)CC2)c2ccccc2c1. The van der Waals surface area contributed by atoms with Crippen molar-refractivity contribution in [2.75, 3.05) is 20.8 Å². The van der Waals surface area contributed by atoms with E-state index in [0.29, 0.717) is 23.7 Å². The first kappa shape index (κ1) is 21.0. The third kappa shape index (κ3) is 4.30. The molecule has 6 nitrogen and oxygen atoms in total. The minimum atomic E-state index is -0.432. The van der Waals surface area contributed by atoms with E-state index in [2.05, 4.69) is 17.4 Å². The molecule has 3 N–H and O–H groups in total. The molecule has 31 heavy (non-hydrogen) atoms. The zero-order chi connectivity index (χ0) is 22.0. The van der Waals surface area contributed by atoms with Gasteiger partial charge >= 0.3 is 0 Å². The van der Waals surface area contributed by atoms with Crippen molar-refractivity contribution in [2.45, 2.75) is 31.3 Å². The highest BCUT2D eigenvalue weighted by Crippen LogP contribution is 2.49. The zero-order valence-electron chi connectivity index (χ0n) is 18.1. The minimum Gasteiger partial charge on any atom is -0.497 e. The van der Waals surface area contributed by atoms with Crippen molar-refractivity contribution in [2.24, 2.45) is 5.73 Å². The van der Waals surface area contributed by atoms with Crippen molar-refractivity contribution in [1.29, 1.82) is 0 Å². The van der Waals surface area contributed by atoms with E-state index in [4.69, 9.17) is 19.9 Å². The maximum Gasteiger partial charge on any atom is 0.255 e. The Morgan fingerprint density at radius 3 is 2.52 bits per heavy atom. The molecular formula is C25H28N2O4. The highest BCUT2D eigenvalue weighted by Gasteiger charge is 2.47. The fraction of sp³-hybridized carbons (Fsp3) is 0.320. The number of carbonyl (C=O) groups excluding carboxylic acids is 1. The van der Waals surface area contributed by atoms with Gasteiger partial charge in [0, 0.05) is 6.04 Å². The summed E-state index contributed by atoms with van der Waals surface area (Å²) in [4.78, 5) is 13.3. The van der Waals surface area contributed by atoms with Crippen LogP contribution in [0.25, 0.3) is 10.8 Å². The molecule has 0 saturated heterocycles. The average molecular weight is 421 g/mol. The van der Waals surface area contributed by atoms with Crippen LogP contribution in [0.4, 0.5) is 0 Å². The molecule has 0 bridgehead atoms. The summed E-state index contributed by atoms with van der Waals surface area (Å²) in [5, 5.41) is 5.45. The summed E-state index contributed by atoms with van der Waals surface area (Å²) in [5.41, 5.74) is 6.85.